The van der Waals surface area contributed by atoms with Gasteiger partial charge in [0.05, 0.1) is 11.4 Å². The fraction of sp³-hybridized carbons (Fsp3) is 0.286. The van der Waals surface area contributed by atoms with Crippen LogP contribution in [-0.4, -0.2) is 24.1 Å². The lowest BCUT2D eigenvalue weighted by atomic mass is 10.0. The number of aromatic nitrogens is 5. The van der Waals surface area contributed by atoms with Gasteiger partial charge in [-0.3, -0.25) is 4.40 Å². The van der Waals surface area contributed by atoms with E-state index in [1.165, 1.54) is 0 Å². The summed E-state index contributed by atoms with van der Waals surface area (Å²) in [6.45, 7) is 4.76. The fourth-order valence-corrected chi connectivity index (χ4v) is 3.98. The predicted molar refractivity (Wildman–Crippen MR) is 102 cm³/mol. The van der Waals surface area contributed by atoms with Crippen molar-refractivity contribution in [2.45, 2.75) is 39.2 Å². The second-order valence-corrected chi connectivity index (χ2v) is 7.59. The molecule has 0 spiro atoms. The normalized spacial score (nSPS) is 13.6. The summed E-state index contributed by atoms with van der Waals surface area (Å²) in [6.07, 6.45) is 3.53. The quantitative estimate of drug-likeness (QED) is 0.469. The third-order valence-corrected chi connectivity index (χ3v) is 5.30. The summed E-state index contributed by atoms with van der Waals surface area (Å²) in [4.78, 5) is 4.55. The highest BCUT2D eigenvalue weighted by molar-refractivity contribution is 5.80. The summed E-state index contributed by atoms with van der Waals surface area (Å²) >= 11 is 0. The van der Waals surface area contributed by atoms with E-state index in [0.29, 0.717) is 24.0 Å². The summed E-state index contributed by atoms with van der Waals surface area (Å²) in [7, 11) is 0. The summed E-state index contributed by atoms with van der Waals surface area (Å²) in [5, 5.41) is 8.42. The summed E-state index contributed by atoms with van der Waals surface area (Å²) in [5.74, 6) is -1.42. The van der Waals surface area contributed by atoms with Gasteiger partial charge in [-0.1, -0.05) is 13.8 Å². The maximum Gasteiger partial charge on any atom is 0.168 e. The molecule has 1 aromatic carbocycles. The molecule has 0 bridgehead atoms. The molecule has 4 heterocycles. The largest absolute Gasteiger partial charge is 0.327 e. The van der Waals surface area contributed by atoms with Gasteiger partial charge in [0.15, 0.2) is 17.3 Å². The van der Waals surface area contributed by atoms with Crippen LogP contribution in [0.3, 0.4) is 0 Å². The Bertz CT molecular complexity index is 1260. The first-order valence-corrected chi connectivity index (χ1v) is 9.53. The van der Waals surface area contributed by atoms with Gasteiger partial charge < -0.3 is 4.57 Å². The van der Waals surface area contributed by atoms with Gasteiger partial charge in [0.25, 0.3) is 0 Å². The van der Waals surface area contributed by atoms with Gasteiger partial charge in [0.2, 0.25) is 0 Å². The van der Waals surface area contributed by atoms with Gasteiger partial charge >= 0.3 is 0 Å². The Morgan fingerprint density at radius 1 is 1.07 bits per heavy atom. The molecule has 0 atom stereocenters. The van der Waals surface area contributed by atoms with Gasteiger partial charge in [-0.2, -0.15) is 0 Å². The van der Waals surface area contributed by atoms with E-state index in [1.54, 1.807) is 0 Å². The number of halogens is 3. The van der Waals surface area contributed by atoms with Crippen molar-refractivity contribution in [3.8, 4) is 22.5 Å². The van der Waals surface area contributed by atoms with Crippen LogP contribution in [0.5, 0.6) is 0 Å². The molecule has 148 valence electrons. The molecule has 4 aromatic rings. The summed E-state index contributed by atoms with van der Waals surface area (Å²) in [6, 6.07) is 5.22. The van der Waals surface area contributed by atoms with Crippen LogP contribution in [0.15, 0.2) is 30.5 Å². The van der Waals surface area contributed by atoms with E-state index in [-0.39, 0.29) is 17.2 Å². The molecule has 5 nitrogen and oxygen atoms in total. The Kier molecular flexibility index (Phi) is 3.97. The first-order chi connectivity index (χ1) is 13.9. The standard InChI is InChI=1S/C21H18F3N5/c1-11(2)21-27-26-17-6-5-12(10-29(17)21)20-19(25-16-4-3-7-28(16)20)14-8-13(22)9-15(23)18(14)24/h5-6,8-11H,3-4,7H2,1-2H3. The highest BCUT2D eigenvalue weighted by Crippen LogP contribution is 2.37. The summed E-state index contributed by atoms with van der Waals surface area (Å²) in [5.41, 5.74) is 2.18. The Morgan fingerprint density at radius 3 is 2.69 bits per heavy atom. The van der Waals surface area contributed by atoms with E-state index < -0.39 is 17.5 Å². The Balaban J connectivity index is 1.78. The number of imidazole rings is 1. The number of nitrogens with zero attached hydrogens (tertiary/aromatic N) is 5. The minimum Gasteiger partial charge on any atom is -0.327 e. The first-order valence-electron chi connectivity index (χ1n) is 9.53. The first kappa shape index (κ1) is 17.9. The maximum absolute atomic E-state index is 14.6. The molecule has 0 radical (unpaired) electrons. The second-order valence-electron chi connectivity index (χ2n) is 7.59. The molecule has 3 aromatic heterocycles. The van der Waals surface area contributed by atoms with E-state index >= 15 is 0 Å². The zero-order chi connectivity index (χ0) is 20.3. The molecule has 8 heteroatoms. The lowest BCUT2D eigenvalue weighted by Crippen LogP contribution is -2.01. The fourth-order valence-electron chi connectivity index (χ4n) is 3.98. The van der Waals surface area contributed by atoms with Crippen molar-refractivity contribution in [2.75, 3.05) is 0 Å². The topological polar surface area (TPSA) is 48.0 Å². The molecule has 0 unspecified atom stereocenters. The number of benzene rings is 1. The average Bonchev–Trinajstić information content (AvgIpc) is 3.37. The van der Waals surface area contributed by atoms with Crippen LogP contribution in [-0.2, 0) is 13.0 Å². The molecular formula is C21H18F3N5. The van der Waals surface area contributed by atoms with Crippen LogP contribution in [0.2, 0.25) is 0 Å². The van der Waals surface area contributed by atoms with E-state index in [9.17, 15) is 13.2 Å². The molecule has 0 fully saturated rings. The Labute approximate surface area is 164 Å². The molecule has 0 amide bonds. The Morgan fingerprint density at radius 2 is 1.90 bits per heavy atom. The molecule has 5 rings (SSSR count). The number of aryl methyl sites for hydroxylation is 1. The van der Waals surface area contributed by atoms with Crippen molar-refractivity contribution in [3.63, 3.8) is 0 Å². The van der Waals surface area contributed by atoms with E-state index in [2.05, 4.69) is 15.2 Å². The molecule has 0 saturated heterocycles. The maximum atomic E-state index is 14.6. The molecule has 0 aliphatic carbocycles. The minimum absolute atomic E-state index is 0.158. The van der Waals surface area contributed by atoms with E-state index in [1.807, 2.05) is 41.1 Å². The number of hydrogen-bond acceptors (Lipinski definition) is 3. The van der Waals surface area contributed by atoms with Crippen LogP contribution in [0.1, 0.15) is 37.8 Å². The van der Waals surface area contributed by atoms with Crippen molar-refractivity contribution < 1.29 is 13.2 Å². The number of rotatable bonds is 3. The molecular weight excluding hydrogens is 379 g/mol. The van der Waals surface area contributed by atoms with Crippen LogP contribution in [0.4, 0.5) is 13.2 Å². The SMILES string of the molecule is CC(C)c1nnc2ccc(-c3c(-c4cc(F)cc(F)c4F)nc4n3CCC4)cn12. The summed E-state index contributed by atoms with van der Waals surface area (Å²) < 4.78 is 46.3. The van der Waals surface area contributed by atoms with Gasteiger partial charge in [-0.05, 0) is 24.6 Å². The predicted octanol–water partition coefficient (Wildman–Crippen LogP) is 4.75. The van der Waals surface area contributed by atoms with Crippen LogP contribution < -0.4 is 0 Å². The van der Waals surface area contributed by atoms with Crippen molar-refractivity contribution >= 4 is 5.65 Å². The molecule has 0 N–H and O–H groups in total. The lowest BCUT2D eigenvalue weighted by Gasteiger charge is -2.11. The minimum atomic E-state index is -1.23. The molecule has 0 saturated carbocycles. The zero-order valence-corrected chi connectivity index (χ0v) is 16.0. The molecule has 1 aliphatic rings. The van der Waals surface area contributed by atoms with Crippen LogP contribution in [0.25, 0.3) is 28.2 Å². The van der Waals surface area contributed by atoms with Crippen molar-refractivity contribution in [3.05, 3.63) is 59.6 Å². The molecule has 1 aliphatic heterocycles. The number of fused-ring (bicyclic) bond motifs is 2. The number of hydrogen-bond donors (Lipinski definition) is 0. The van der Waals surface area contributed by atoms with Crippen molar-refractivity contribution in [1.82, 2.24) is 24.1 Å². The smallest absolute Gasteiger partial charge is 0.168 e. The Hall–Kier alpha value is -3.16. The van der Waals surface area contributed by atoms with E-state index in [0.717, 1.165) is 36.1 Å². The highest BCUT2D eigenvalue weighted by Gasteiger charge is 2.27. The van der Waals surface area contributed by atoms with Gasteiger partial charge in [-0.25, -0.2) is 18.2 Å². The second kappa shape index (κ2) is 6.43. The van der Waals surface area contributed by atoms with Gasteiger partial charge in [-0.15, -0.1) is 10.2 Å². The number of pyridine rings is 1. The lowest BCUT2D eigenvalue weighted by molar-refractivity contribution is 0.497. The third-order valence-electron chi connectivity index (χ3n) is 5.30. The average molecular weight is 397 g/mol. The van der Waals surface area contributed by atoms with Gasteiger partial charge in [0.1, 0.15) is 17.5 Å². The molecule has 29 heavy (non-hydrogen) atoms. The monoisotopic (exact) mass is 397 g/mol. The van der Waals surface area contributed by atoms with E-state index in [4.69, 9.17) is 0 Å². The van der Waals surface area contributed by atoms with Crippen LogP contribution in [0, 0.1) is 17.5 Å². The highest BCUT2D eigenvalue weighted by atomic mass is 19.2. The van der Waals surface area contributed by atoms with Crippen molar-refractivity contribution in [2.24, 2.45) is 0 Å². The van der Waals surface area contributed by atoms with Crippen LogP contribution >= 0.6 is 0 Å². The van der Waals surface area contributed by atoms with Crippen molar-refractivity contribution in [1.29, 1.82) is 0 Å². The third kappa shape index (κ3) is 2.73. The zero-order valence-electron chi connectivity index (χ0n) is 16.0. The van der Waals surface area contributed by atoms with Gasteiger partial charge in [0, 0.05) is 42.3 Å².